The van der Waals surface area contributed by atoms with Gasteiger partial charge in [0, 0.05) is 29.7 Å². The van der Waals surface area contributed by atoms with Gasteiger partial charge in [0.2, 0.25) is 0 Å². The molecule has 2 amide bonds. The summed E-state index contributed by atoms with van der Waals surface area (Å²) >= 11 is 0. The molecule has 2 aromatic carbocycles. The van der Waals surface area contributed by atoms with E-state index in [4.69, 9.17) is 0 Å². The summed E-state index contributed by atoms with van der Waals surface area (Å²) < 4.78 is 14.8. The van der Waals surface area contributed by atoms with Crippen molar-refractivity contribution < 1.29 is 18.9 Å². The molecule has 29 heavy (non-hydrogen) atoms. The molecule has 0 bridgehead atoms. The Kier molecular flexibility index (Phi) is 4.40. The molecule has 1 saturated heterocycles. The lowest BCUT2D eigenvalue weighted by Gasteiger charge is -2.14. The van der Waals surface area contributed by atoms with E-state index in [0.717, 1.165) is 5.01 Å². The van der Waals surface area contributed by atoms with Crippen LogP contribution in [0.25, 0.3) is 11.8 Å². The fourth-order valence-electron chi connectivity index (χ4n) is 2.96. The van der Waals surface area contributed by atoms with Gasteiger partial charge in [-0.1, -0.05) is 0 Å². The lowest BCUT2D eigenvalue weighted by atomic mass is 10.2. The number of non-ortho nitro benzene ring substituents is 1. The van der Waals surface area contributed by atoms with E-state index in [1.54, 1.807) is 35.0 Å². The van der Waals surface area contributed by atoms with Crippen molar-refractivity contribution in [1.82, 2.24) is 9.99 Å². The van der Waals surface area contributed by atoms with Crippen molar-refractivity contribution in [3.63, 3.8) is 0 Å². The van der Waals surface area contributed by atoms with E-state index in [0.29, 0.717) is 17.1 Å². The monoisotopic (exact) mass is 392 g/mol. The lowest BCUT2D eigenvalue weighted by Crippen LogP contribution is -2.35. The zero-order chi connectivity index (χ0) is 20.5. The van der Waals surface area contributed by atoms with Gasteiger partial charge in [-0.05, 0) is 54.6 Å². The van der Waals surface area contributed by atoms with Crippen molar-refractivity contribution in [1.29, 1.82) is 0 Å². The molecule has 1 fully saturated rings. The molecule has 0 aliphatic carbocycles. The number of nitro benzene ring substituents is 1. The molecule has 0 unspecified atom stereocenters. The minimum absolute atomic E-state index is 0.0406. The fraction of sp³-hybridized carbons (Fsp3) is 0. The second kappa shape index (κ2) is 7.04. The van der Waals surface area contributed by atoms with E-state index in [1.165, 1.54) is 42.5 Å². The van der Waals surface area contributed by atoms with Crippen LogP contribution in [0.5, 0.6) is 0 Å². The highest BCUT2D eigenvalue weighted by atomic mass is 19.1. The third kappa shape index (κ3) is 3.36. The average Bonchev–Trinajstić information content (AvgIpc) is 3.29. The number of nitro groups is 1. The van der Waals surface area contributed by atoms with Gasteiger partial charge in [-0.2, -0.15) is 0 Å². The number of carbonyl (C=O) groups is 2. The number of rotatable bonds is 4. The van der Waals surface area contributed by atoms with Crippen molar-refractivity contribution >= 4 is 29.3 Å². The Hall–Kier alpha value is -4.27. The number of hydrazine groups is 1. The molecular formula is C20H13FN4O4. The Labute approximate surface area is 163 Å². The Morgan fingerprint density at radius 1 is 0.966 bits per heavy atom. The van der Waals surface area contributed by atoms with Gasteiger partial charge in [-0.15, -0.1) is 0 Å². The van der Waals surface area contributed by atoms with Gasteiger partial charge in [-0.3, -0.25) is 25.1 Å². The second-order valence-corrected chi connectivity index (χ2v) is 6.19. The number of aromatic nitrogens is 1. The van der Waals surface area contributed by atoms with Crippen LogP contribution in [0.15, 0.2) is 72.4 Å². The first-order chi connectivity index (χ1) is 13.9. The first-order valence-corrected chi connectivity index (χ1v) is 8.49. The first kappa shape index (κ1) is 18.1. The molecule has 3 aromatic rings. The largest absolute Gasteiger partial charge is 0.317 e. The van der Waals surface area contributed by atoms with Crippen LogP contribution < -0.4 is 10.4 Å². The van der Waals surface area contributed by atoms with E-state index in [-0.39, 0.29) is 11.3 Å². The van der Waals surface area contributed by atoms with Gasteiger partial charge in [0.1, 0.15) is 11.4 Å². The molecule has 1 aliphatic rings. The standard InChI is InChI=1S/C20H13FN4O4/c21-13-3-5-15(6-4-13)24-20(27)18(19(26)22-24)12-17-2-1-11-23(17)14-7-9-16(10-8-14)25(28)29/h1-12H,(H,22,26)/b18-12+. The first-order valence-electron chi connectivity index (χ1n) is 8.49. The molecular weight excluding hydrogens is 379 g/mol. The van der Waals surface area contributed by atoms with E-state index in [2.05, 4.69) is 5.43 Å². The van der Waals surface area contributed by atoms with Gasteiger partial charge >= 0.3 is 0 Å². The Bertz CT molecular complexity index is 1150. The van der Waals surface area contributed by atoms with E-state index >= 15 is 0 Å². The normalized spacial score (nSPS) is 15.1. The molecule has 1 aromatic heterocycles. The number of benzene rings is 2. The maximum absolute atomic E-state index is 13.1. The van der Waals surface area contributed by atoms with E-state index in [9.17, 15) is 24.1 Å². The smallest absolute Gasteiger partial charge is 0.282 e. The maximum atomic E-state index is 13.1. The molecule has 0 radical (unpaired) electrons. The average molecular weight is 392 g/mol. The fourth-order valence-corrected chi connectivity index (χ4v) is 2.96. The highest BCUT2D eigenvalue weighted by molar-refractivity contribution is 6.31. The number of amides is 2. The molecule has 9 heteroatoms. The van der Waals surface area contributed by atoms with Crippen LogP contribution in [0, 0.1) is 15.9 Å². The number of anilines is 1. The molecule has 8 nitrogen and oxygen atoms in total. The third-order valence-corrected chi connectivity index (χ3v) is 4.39. The van der Waals surface area contributed by atoms with Crippen molar-refractivity contribution in [2.45, 2.75) is 0 Å². The number of hydrogen-bond donors (Lipinski definition) is 1. The minimum Gasteiger partial charge on any atom is -0.317 e. The number of hydrogen-bond acceptors (Lipinski definition) is 4. The van der Waals surface area contributed by atoms with Crippen LogP contribution in [0.2, 0.25) is 0 Å². The van der Waals surface area contributed by atoms with Crippen molar-refractivity contribution in [3.8, 4) is 5.69 Å². The molecule has 2 heterocycles. The summed E-state index contributed by atoms with van der Waals surface area (Å²) in [6.07, 6.45) is 3.14. The lowest BCUT2D eigenvalue weighted by molar-refractivity contribution is -0.384. The second-order valence-electron chi connectivity index (χ2n) is 6.19. The summed E-state index contributed by atoms with van der Waals surface area (Å²) in [5.41, 5.74) is 3.83. The zero-order valence-electron chi connectivity index (χ0n) is 14.8. The van der Waals surface area contributed by atoms with Gasteiger partial charge in [0.25, 0.3) is 17.5 Å². The van der Waals surface area contributed by atoms with Crippen LogP contribution in [0.3, 0.4) is 0 Å². The molecule has 1 aliphatic heterocycles. The summed E-state index contributed by atoms with van der Waals surface area (Å²) in [7, 11) is 0. The van der Waals surface area contributed by atoms with Gasteiger partial charge in [-0.25, -0.2) is 9.40 Å². The molecule has 0 atom stereocenters. The Balaban J connectivity index is 1.66. The van der Waals surface area contributed by atoms with Crippen LogP contribution in [-0.2, 0) is 9.59 Å². The molecule has 144 valence electrons. The number of nitrogens with one attached hydrogen (secondary N) is 1. The zero-order valence-corrected chi connectivity index (χ0v) is 14.8. The Morgan fingerprint density at radius 3 is 2.28 bits per heavy atom. The van der Waals surface area contributed by atoms with Gasteiger partial charge in [0.15, 0.2) is 0 Å². The minimum atomic E-state index is -0.587. The SMILES string of the molecule is O=C1NN(c2ccc(F)cc2)C(=O)/C1=C/c1cccn1-c1ccc([N+](=O)[O-])cc1. The van der Waals surface area contributed by atoms with E-state index < -0.39 is 22.6 Å². The molecule has 0 spiro atoms. The van der Waals surface area contributed by atoms with Crippen molar-refractivity contribution in [2.75, 3.05) is 5.01 Å². The number of carbonyl (C=O) groups excluding carboxylic acids is 2. The predicted octanol–water partition coefficient (Wildman–Crippen LogP) is 2.99. The summed E-state index contributed by atoms with van der Waals surface area (Å²) in [4.78, 5) is 35.3. The van der Waals surface area contributed by atoms with Crippen LogP contribution in [-0.4, -0.2) is 21.3 Å². The number of nitrogens with zero attached hydrogens (tertiary/aromatic N) is 3. The quantitative estimate of drug-likeness (QED) is 0.319. The number of halogens is 1. The van der Waals surface area contributed by atoms with Crippen LogP contribution in [0.1, 0.15) is 5.69 Å². The van der Waals surface area contributed by atoms with Gasteiger partial charge < -0.3 is 4.57 Å². The van der Waals surface area contributed by atoms with Crippen molar-refractivity contribution in [3.05, 3.63) is 94.1 Å². The highest BCUT2D eigenvalue weighted by Gasteiger charge is 2.34. The van der Waals surface area contributed by atoms with Crippen molar-refractivity contribution in [2.24, 2.45) is 0 Å². The highest BCUT2D eigenvalue weighted by Crippen LogP contribution is 2.23. The van der Waals surface area contributed by atoms with Crippen LogP contribution in [0.4, 0.5) is 15.8 Å². The third-order valence-electron chi connectivity index (χ3n) is 4.39. The van der Waals surface area contributed by atoms with Gasteiger partial charge in [0.05, 0.1) is 10.6 Å². The predicted molar refractivity (Wildman–Crippen MR) is 102 cm³/mol. The maximum Gasteiger partial charge on any atom is 0.282 e. The summed E-state index contributed by atoms with van der Waals surface area (Å²) in [6, 6.07) is 14.5. The molecule has 0 saturated carbocycles. The summed E-state index contributed by atoms with van der Waals surface area (Å²) in [6.45, 7) is 0. The Morgan fingerprint density at radius 2 is 1.62 bits per heavy atom. The molecule has 4 rings (SSSR count). The molecule has 1 N–H and O–H groups in total. The topological polar surface area (TPSA) is 97.5 Å². The summed E-state index contributed by atoms with van der Waals surface area (Å²) in [5.74, 6) is -1.61. The van der Waals surface area contributed by atoms with E-state index in [1.807, 2.05) is 0 Å². The van der Waals surface area contributed by atoms with Crippen LogP contribution >= 0.6 is 0 Å². The summed E-state index contributed by atoms with van der Waals surface area (Å²) in [5, 5.41) is 11.9.